The fourth-order valence-corrected chi connectivity index (χ4v) is 3.67. The first-order valence-corrected chi connectivity index (χ1v) is 9.91. The fourth-order valence-electron chi connectivity index (χ4n) is 3.67. The zero-order valence-corrected chi connectivity index (χ0v) is 17.7. The average Bonchev–Trinajstić information content (AvgIpc) is 3.19. The molecular weight excluding hydrogens is 394 g/mol. The van der Waals surface area contributed by atoms with Crippen molar-refractivity contribution in [3.05, 3.63) is 66.2 Å². The SMILES string of the molecule is C=CCN(Cc1ccc(C#N)cc1)C(=O)C1CC(=O)N(c2ccc(OC)c(OC)c2)C1. The van der Waals surface area contributed by atoms with E-state index in [4.69, 9.17) is 14.7 Å². The maximum absolute atomic E-state index is 13.2. The van der Waals surface area contributed by atoms with Gasteiger partial charge in [-0.2, -0.15) is 5.26 Å². The van der Waals surface area contributed by atoms with E-state index in [1.54, 1.807) is 53.3 Å². The van der Waals surface area contributed by atoms with Gasteiger partial charge in [-0.15, -0.1) is 6.58 Å². The summed E-state index contributed by atoms with van der Waals surface area (Å²) >= 11 is 0. The normalized spacial score (nSPS) is 15.3. The van der Waals surface area contributed by atoms with Crippen molar-refractivity contribution in [2.24, 2.45) is 5.92 Å². The third-order valence-electron chi connectivity index (χ3n) is 5.27. The average molecular weight is 419 g/mol. The van der Waals surface area contributed by atoms with Gasteiger partial charge >= 0.3 is 0 Å². The molecule has 2 amide bonds. The van der Waals surface area contributed by atoms with Crippen LogP contribution < -0.4 is 14.4 Å². The molecule has 1 saturated heterocycles. The number of methoxy groups -OCH3 is 2. The van der Waals surface area contributed by atoms with Crippen LogP contribution in [-0.4, -0.2) is 44.0 Å². The minimum Gasteiger partial charge on any atom is -0.493 e. The lowest BCUT2D eigenvalue weighted by atomic mass is 10.1. The highest BCUT2D eigenvalue weighted by Crippen LogP contribution is 2.34. The van der Waals surface area contributed by atoms with E-state index in [0.717, 1.165) is 5.56 Å². The van der Waals surface area contributed by atoms with Crippen molar-refractivity contribution in [1.82, 2.24) is 4.90 Å². The summed E-state index contributed by atoms with van der Waals surface area (Å²) in [6.45, 7) is 4.81. The van der Waals surface area contributed by atoms with Crippen molar-refractivity contribution < 1.29 is 19.1 Å². The van der Waals surface area contributed by atoms with Gasteiger partial charge in [0.05, 0.1) is 31.8 Å². The Balaban J connectivity index is 1.75. The number of hydrogen-bond donors (Lipinski definition) is 0. The summed E-state index contributed by atoms with van der Waals surface area (Å²) in [5, 5.41) is 8.95. The lowest BCUT2D eigenvalue weighted by Crippen LogP contribution is -2.37. The molecule has 2 aromatic carbocycles. The van der Waals surface area contributed by atoms with Crippen LogP contribution in [0.5, 0.6) is 11.5 Å². The standard InChI is InChI=1S/C24H25N3O4/c1-4-11-26(15-18-7-5-17(14-25)6-8-18)24(29)19-12-23(28)27(16-19)20-9-10-21(30-2)22(13-20)31-3/h4-10,13,19H,1,11-12,15-16H2,2-3H3. The van der Waals surface area contributed by atoms with Crippen LogP contribution in [0.4, 0.5) is 5.69 Å². The molecule has 7 heteroatoms. The molecule has 0 aliphatic carbocycles. The molecule has 160 valence electrons. The van der Waals surface area contributed by atoms with Gasteiger partial charge in [0, 0.05) is 37.8 Å². The number of rotatable bonds is 8. The zero-order chi connectivity index (χ0) is 22.4. The monoisotopic (exact) mass is 419 g/mol. The third kappa shape index (κ3) is 4.86. The summed E-state index contributed by atoms with van der Waals surface area (Å²) in [4.78, 5) is 29.2. The molecule has 1 heterocycles. The highest BCUT2D eigenvalue weighted by atomic mass is 16.5. The smallest absolute Gasteiger partial charge is 0.228 e. The van der Waals surface area contributed by atoms with Crippen LogP contribution in [0, 0.1) is 17.2 Å². The number of nitrogens with zero attached hydrogens (tertiary/aromatic N) is 3. The van der Waals surface area contributed by atoms with Crippen LogP contribution in [0.3, 0.4) is 0 Å². The number of ether oxygens (including phenoxy) is 2. The lowest BCUT2D eigenvalue weighted by molar-refractivity contribution is -0.135. The molecule has 1 aliphatic rings. The van der Waals surface area contributed by atoms with Crippen molar-refractivity contribution in [2.75, 3.05) is 32.2 Å². The van der Waals surface area contributed by atoms with E-state index in [-0.39, 0.29) is 18.2 Å². The Morgan fingerprint density at radius 2 is 1.94 bits per heavy atom. The zero-order valence-electron chi connectivity index (χ0n) is 17.7. The van der Waals surface area contributed by atoms with Crippen LogP contribution in [0.25, 0.3) is 0 Å². The van der Waals surface area contributed by atoms with Gasteiger partial charge in [-0.05, 0) is 29.8 Å². The second kappa shape index (κ2) is 9.81. The van der Waals surface area contributed by atoms with Crippen LogP contribution in [0.1, 0.15) is 17.5 Å². The van der Waals surface area contributed by atoms with Crippen LogP contribution in [0.15, 0.2) is 55.1 Å². The quantitative estimate of drug-likeness (QED) is 0.614. The summed E-state index contributed by atoms with van der Waals surface area (Å²) in [5.41, 5.74) is 2.15. The first-order valence-electron chi connectivity index (χ1n) is 9.91. The highest BCUT2D eigenvalue weighted by molar-refractivity contribution is 6.00. The molecule has 0 aromatic heterocycles. The van der Waals surface area contributed by atoms with E-state index in [0.29, 0.717) is 42.4 Å². The van der Waals surface area contributed by atoms with E-state index < -0.39 is 5.92 Å². The molecule has 0 bridgehead atoms. The van der Waals surface area contributed by atoms with E-state index in [9.17, 15) is 9.59 Å². The van der Waals surface area contributed by atoms with Gasteiger partial charge in [-0.1, -0.05) is 18.2 Å². The van der Waals surface area contributed by atoms with Crippen LogP contribution >= 0.6 is 0 Å². The molecule has 1 aliphatic heterocycles. The van der Waals surface area contributed by atoms with Gasteiger partial charge in [0.25, 0.3) is 0 Å². The topological polar surface area (TPSA) is 82.9 Å². The largest absolute Gasteiger partial charge is 0.493 e. The molecule has 0 spiro atoms. The molecular formula is C24H25N3O4. The van der Waals surface area contributed by atoms with Crippen LogP contribution in [0.2, 0.25) is 0 Å². The van der Waals surface area contributed by atoms with E-state index in [1.807, 2.05) is 12.1 Å². The van der Waals surface area contributed by atoms with Gasteiger partial charge < -0.3 is 19.3 Å². The highest BCUT2D eigenvalue weighted by Gasteiger charge is 2.37. The van der Waals surface area contributed by atoms with Crippen molar-refractivity contribution >= 4 is 17.5 Å². The van der Waals surface area contributed by atoms with Crippen molar-refractivity contribution in [1.29, 1.82) is 5.26 Å². The molecule has 31 heavy (non-hydrogen) atoms. The number of anilines is 1. The predicted octanol–water partition coefficient (Wildman–Crippen LogP) is 3.14. The Labute approximate surface area is 182 Å². The van der Waals surface area contributed by atoms with E-state index >= 15 is 0 Å². The van der Waals surface area contributed by atoms with Gasteiger partial charge in [-0.3, -0.25) is 9.59 Å². The summed E-state index contributed by atoms with van der Waals surface area (Å²) in [5.74, 6) is 0.448. The number of carbonyl (C=O) groups excluding carboxylic acids is 2. The van der Waals surface area contributed by atoms with Gasteiger partial charge in [0.15, 0.2) is 11.5 Å². The summed E-state index contributed by atoms with van der Waals surface area (Å²) in [6, 6.07) is 14.5. The van der Waals surface area contributed by atoms with Crippen molar-refractivity contribution in [3.63, 3.8) is 0 Å². The minimum absolute atomic E-state index is 0.0967. The third-order valence-corrected chi connectivity index (χ3v) is 5.27. The summed E-state index contributed by atoms with van der Waals surface area (Å²) in [6.07, 6.45) is 1.82. The molecule has 1 unspecified atom stereocenters. The van der Waals surface area contributed by atoms with Crippen molar-refractivity contribution in [3.8, 4) is 17.6 Å². The Morgan fingerprint density at radius 1 is 1.23 bits per heavy atom. The Bertz CT molecular complexity index is 1010. The Kier molecular flexibility index (Phi) is 6.93. The fraction of sp³-hybridized carbons (Fsp3) is 0.292. The lowest BCUT2D eigenvalue weighted by Gasteiger charge is -2.25. The predicted molar refractivity (Wildman–Crippen MR) is 117 cm³/mol. The maximum Gasteiger partial charge on any atom is 0.228 e. The van der Waals surface area contributed by atoms with Gasteiger partial charge in [0.1, 0.15) is 0 Å². The number of amides is 2. The Hall–Kier alpha value is -3.79. The molecule has 0 saturated carbocycles. The van der Waals surface area contributed by atoms with Crippen molar-refractivity contribution in [2.45, 2.75) is 13.0 Å². The molecule has 1 fully saturated rings. The molecule has 2 aromatic rings. The number of benzene rings is 2. The first-order chi connectivity index (χ1) is 15.0. The number of carbonyl (C=O) groups is 2. The number of nitriles is 1. The number of hydrogen-bond acceptors (Lipinski definition) is 5. The molecule has 0 N–H and O–H groups in total. The second-order valence-corrected chi connectivity index (χ2v) is 7.26. The Morgan fingerprint density at radius 3 is 2.55 bits per heavy atom. The van der Waals surface area contributed by atoms with E-state index in [2.05, 4.69) is 12.6 Å². The molecule has 7 nitrogen and oxygen atoms in total. The second-order valence-electron chi connectivity index (χ2n) is 7.26. The van der Waals surface area contributed by atoms with Crippen LogP contribution in [-0.2, 0) is 16.1 Å². The summed E-state index contributed by atoms with van der Waals surface area (Å²) in [7, 11) is 3.09. The first kappa shape index (κ1) is 21.9. The van der Waals surface area contributed by atoms with Gasteiger partial charge in [-0.25, -0.2) is 0 Å². The molecule has 3 rings (SSSR count). The minimum atomic E-state index is -0.445. The molecule has 0 radical (unpaired) electrons. The van der Waals surface area contributed by atoms with E-state index in [1.165, 1.54) is 7.11 Å². The van der Waals surface area contributed by atoms with Gasteiger partial charge in [0.2, 0.25) is 11.8 Å². The summed E-state index contributed by atoms with van der Waals surface area (Å²) < 4.78 is 10.6. The molecule has 1 atom stereocenters. The maximum atomic E-state index is 13.2.